The number of hydrogen-bond acceptors (Lipinski definition) is 5. The fourth-order valence-corrected chi connectivity index (χ4v) is 5.56. The zero-order valence-electron chi connectivity index (χ0n) is 22.8. The van der Waals surface area contributed by atoms with E-state index in [2.05, 4.69) is 65.5 Å². The van der Waals surface area contributed by atoms with Gasteiger partial charge in [-0.05, 0) is 67.6 Å². The molecule has 1 aliphatic rings. The number of hydrogen-bond donors (Lipinski definition) is 1. The second-order valence-corrected chi connectivity index (χ2v) is 11.0. The SMILES string of the molecule is CC[C@@H]1CN(Cc2cc(C(c3ccc4c(c3)nnn4C)C(C)(C)C(=O)O)ccc2C)Cc2ccccc2O1. The molecule has 2 atom stereocenters. The summed E-state index contributed by atoms with van der Waals surface area (Å²) >= 11 is 0. The lowest BCUT2D eigenvalue weighted by Crippen LogP contribution is -2.33. The molecule has 1 N–H and O–H groups in total. The molecular formula is C31H36N4O3. The Morgan fingerprint density at radius 2 is 1.87 bits per heavy atom. The van der Waals surface area contributed by atoms with Gasteiger partial charge in [-0.1, -0.05) is 54.6 Å². The minimum absolute atomic E-state index is 0.125. The van der Waals surface area contributed by atoms with Gasteiger partial charge in [0.25, 0.3) is 0 Å². The molecule has 4 aromatic rings. The van der Waals surface area contributed by atoms with Gasteiger partial charge in [-0.15, -0.1) is 5.10 Å². The van der Waals surface area contributed by atoms with Gasteiger partial charge in [0.2, 0.25) is 0 Å². The third-order valence-electron chi connectivity index (χ3n) is 7.92. The maximum Gasteiger partial charge on any atom is 0.310 e. The molecule has 7 heteroatoms. The van der Waals surface area contributed by atoms with E-state index in [1.807, 2.05) is 31.3 Å². The van der Waals surface area contributed by atoms with Crippen LogP contribution in [0.3, 0.4) is 0 Å². The highest BCUT2D eigenvalue weighted by molar-refractivity contribution is 5.79. The van der Waals surface area contributed by atoms with Gasteiger partial charge in [-0.2, -0.15) is 0 Å². The van der Waals surface area contributed by atoms with Crippen molar-refractivity contribution in [2.75, 3.05) is 6.54 Å². The van der Waals surface area contributed by atoms with Gasteiger partial charge >= 0.3 is 5.97 Å². The first kappa shape index (κ1) is 25.9. The van der Waals surface area contributed by atoms with Gasteiger partial charge in [0.1, 0.15) is 17.4 Å². The van der Waals surface area contributed by atoms with Crippen molar-refractivity contribution in [3.05, 3.63) is 88.5 Å². The van der Waals surface area contributed by atoms with Crippen LogP contribution in [0.4, 0.5) is 0 Å². The molecule has 3 aromatic carbocycles. The van der Waals surface area contributed by atoms with Gasteiger partial charge in [0, 0.05) is 38.2 Å². The Kier molecular flexibility index (Phi) is 6.97. The fourth-order valence-electron chi connectivity index (χ4n) is 5.56. The second kappa shape index (κ2) is 10.2. The molecule has 0 saturated carbocycles. The van der Waals surface area contributed by atoms with Crippen molar-refractivity contribution < 1.29 is 14.6 Å². The number of nitrogens with zero attached hydrogens (tertiary/aromatic N) is 4. The maximum atomic E-state index is 12.5. The van der Waals surface area contributed by atoms with Crippen molar-refractivity contribution in [3.63, 3.8) is 0 Å². The summed E-state index contributed by atoms with van der Waals surface area (Å²) in [6, 6.07) is 20.6. The van der Waals surface area contributed by atoms with E-state index in [1.165, 1.54) is 16.7 Å². The molecule has 5 rings (SSSR count). The standard InChI is InChI=1S/C31H36N4O3/c1-6-25-19-35(17-23-9-7-8-10-28(23)38-25)18-24-15-21(12-11-20(24)2)29(31(3,4)30(36)37)22-13-14-27-26(16-22)32-33-34(27)5/h7-16,25,29H,6,17-19H2,1-5H3,(H,36,37)/t25-,29?/m1/s1. The summed E-state index contributed by atoms with van der Waals surface area (Å²) in [4.78, 5) is 15.0. The van der Waals surface area contributed by atoms with Crippen LogP contribution < -0.4 is 4.74 Å². The van der Waals surface area contributed by atoms with Crippen LogP contribution in [-0.4, -0.2) is 43.6 Å². The van der Waals surface area contributed by atoms with E-state index in [0.29, 0.717) is 0 Å². The summed E-state index contributed by atoms with van der Waals surface area (Å²) in [6.07, 6.45) is 1.06. The van der Waals surface area contributed by atoms with Gasteiger partial charge < -0.3 is 9.84 Å². The maximum absolute atomic E-state index is 12.5. The van der Waals surface area contributed by atoms with Crippen molar-refractivity contribution in [1.82, 2.24) is 19.9 Å². The molecule has 0 radical (unpaired) electrons. The first-order chi connectivity index (χ1) is 18.2. The zero-order chi connectivity index (χ0) is 27.0. The van der Waals surface area contributed by atoms with Crippen LogP contribution in [0.5, 0.6) is 5.75 Å². The van der Waals surface area contributed by atoms with E-state index in [9.17, 15) is 9.90 Å². The van der Waals surface area contributed by atoms with E-state index in [4.69, 9.17) is 4.74 Å². The molecule has 0 aliphatic carbocycles. The molecule has 198 valence electrons. The summed E-state index contributed by atoms with van der Waals surface area (Å²) < 4.78 is 8.04. The lowest BCUT2D eigenvalue weighted by Gasteiger charge is -2.32. The largest absolute Gasteiger partial charge is 0.489 e. The van der Waals surface area contributed by atoms with Crippen LogP contribution in [0.1, 0.15) is 60.9 Å². The molecule has 1 aromatic heterocycles. The average molecular weight is 513 g/mol. The zero-order valence-corrected chi connectivity index (χ0v) is 22.8. The topological polar surface area (TPSA) is 80.5 Å². The van der Waals surface area contributed by atoms with E-state index < -0.39 is 11.4 Å². The highest BCUT2D eigenvalue weighted by atomic mass is 16.5. The number of benzene rings is 3. The first-order valence-corrected chi connectivity index (χ1v) is 13.3. The Bertz CT molecular complexity index is 1480. The third kappa shape index (κ3) is 4.90. The first-order valence-electron chi connectivity index (χ1n) is 13.3. The molecular weight excluding hydrogens is 476 g/mol. The van der Waals surface area contributed by atoms with E-state index in [1.54, 1.807) is 18.5 Å². The molecule has 2 heterocycles. The summed E-state index contributed by atoms with van der Waals surface area (Å²) in [5.74, 6) is -0.228. The van der Waals surface area contributed by atoms with Crippen molar-refractivity contribution in [2.45, 2.75) is 59.2 Å². The molecule has 1 aliphatic heterocycles. The van der Waals surface area contributed by atoms with E-state index >= 15 is 0 Å². The van der Waals surface area contributed by atoms with Gasteiger partial charge in [-0.3, -0.25) is 9.69 Å². The van der Waals surface area contributed by atoms with Crippen molar-refractivity contribution in [2.24, 2.45) is 12.5 Å². The molecule has 7 nitrogen and oxygen atoms in total. The average Bonchev–Trinajstić information content (AvgIpc) is 3.15. The number of fused-ring (bicyclic) bond motifs is 2. The Labute approximate surface area is 224 Å². The highest BCUT2D eigenvalue weighted by Crippen LogP contribution is 2.42. The summed E-state index contributed by atoms with van der Waals surface area (Å²) in [5.41, 5.74) is 6.13. The highest BCUT2D eigenvalue weighted by Gasteiger charge is 2.39. The molecule has 0 spiro atoms. The lowest BCUT2D eigenvalue weighted by atomic mass is 9.71. The molecule has 38 heavy (non-hydrogen) atoms. The number of carbonyl (C=O) groups is 1. The minimum atomic E-state index is -1.04. The Morgan fingerprint density at radius 1 is 1.13 bits per heavy atom. The second-order valence-electron chi connectivity index (χ2n) is 11.0. The normalized spacial score (nSPS) is 17.0. The van der Waals surface area contributed by atoms with Gasteiger partial charge in [0.15, 0.2) is 0 Å². The predicted octanol–water partition coefficient (Wildman–Crippen LogP) is 5.69. The van der Waals surface area contributed by atoms with Crippen LogP contribution in [-0.2, 0) is 24.9 Å². The number of ether oxygens (including phenoxy) is 1. The molecule has 0 bridgehead atoms. The Morgan fingerprint density at radius 3 is 2.63 bits per heavy atom. The number of aromatic nitrogens is 3. The monoisotopic (exact) mass is 512 g/mol. The van der Waals surface area contributed by atoms with E-state index in [-0.39, 0.29) is 12.0 Å². The number of rotatable bonds is 7. The van der Waals surface area contributed by atoms with Crippen LogP contribution >= 0.6 is 0 Å². The van der Waals surface area contributed by atoms with Crippen LogP contribution in [0.25, 0.3) is 11.0 Å². The number of para-hydroxylation sites is 1. The predicted molar refractivity (Wildman–Crippen MR) is 148 cm³/mol. The Hall–Kier alpha value is -3.71. The van der Waals surface area contributed by atoms with Crippen LogP contribution in [0.15, 0.2) is 60.7 Å². The smallest absolute Gasteiger partial charge is 0.310 e. The third-order valence-corrected chi connectivity index (χ3v) is 7.92. The molecule has 0 saturated heterocycles. The number of aliphatic carboxylic acids is 1. The van der Waals surface area contributed by atoms with Crippen molar-refractivity contribution in [3.8, 4) is 5.75 Å². The summed E-state index contributed by atoms with van der Waals surface area (Å²) in [6.45, 7) is 10.3. The quantitative estimate of drug-likeness (QED) is 0.343. The van der Waals surface area contributed by atoms with Crippen molar-refractivity contribution >= 4 is 17.0 Å². The van der Waals surface area contributed by atoms with Crippen LogP contribution in [0, 0.1) is 12.3 Å². The Balaban J connectivity index is 1.53. The molecule has 0 amide bonds. The number of aryl methyl sites for hydroxylation is 2. The van der Waals surface area contributed by atoms with E-state index in [0.717, 1.165) is 54.0 Å². The van der Waals surface area contributed by atoms with Gasteiger partial charge in [0.05, 0.1) is 10.9 Å². The summed E-state index contributed by atoms with van der Waals surface area (Å²) in [7, 11) is 1.86. The summed E-state index contributed by atoms with van der Waals surface area (Å²) in [5, 5.41) is 18.7. The van der Waals surface area contributed by atoms with Crippen molar-refractivity contribution in [1.29, 1.82) is 0 Å². The van der Waals surface area contributed by atoms with Crippen LogP contribution in [0.2, 0.25) is 0 Å². The molecule has 0 fully saturated rings. The number of carboxylic acids is 1. The van der Waals surface area contributed by atoms with Gasteiger partial charge in [-0.25, -0.2) is 4.68 Å². The number of carboxylic acid groups (broad SMARTS) is 1. The lowest BCUT2D eigenvalue weighted by molar-refractivity contribution is -0.147. The molecule has 1 unspecified atom stereocenters. The minimum Gasteiger partial charge on any atom is -0.489 e. The fraction of sp³-hybridized carbons (Fsp3) is 0.387.